The minimum absolute atomic E-state index is 0.110. The summed E-state index contributed by atoms with van der Waals surface area (Å²) >= 11 is 0. The lowest BCUT2D eigenvalue weighted by molar-refractivity contribution is 0.0959. The van der Waals surface area contributed by atoms with Crippen LogP contribution in [0.3, 0.4) is 0 Å². The van der Waals surface area contributed by atoms with Gasteiger partial charge in [0.25, 0.3) is 11.9 Å². The van der Waals surface area contributed by atoms with Crippen LogP contribution in [0.25, 0.3) is 0 Å². The Bertz CT molecular complexity index is 646. The Labute approximate surface area is 135 Å². The predicted molar refractivity (Wildman–Crippen MR) is 86.5 cm³/mol. The summed E-state index contributed by atoms with van der Waals surface area (Å²) in [6.07, 6.45) is 1.46. The van der Waals surface area contributed by atoms with Crippen molar-refractivity contribution in [2.75, 3.05) is 7.11 Å². The molecule has 0 unspecified atom stereocenters. The summed E-state index contributed by atoms with van der Waals surface area (Å²) in [6, 6.07) is 10.5. The highest BCUT2D eigenvalue weighted by Gasteiger charge is 2.12. The fourth-order valence-corrected chi connectivity index (χ4v) is 1.79. The Morgan fingerprint density at radius 3 is 2.57 bits per heavy atom. The van der Waals surface area contributed by atoms with Crippen molar-refractivity contribution in [2.24, 2.45) is 4.99 Å². The van der Waals surface area contributed by atoms with E-state index in [1.165, 1.54) is 0 Å². The Balaban J connectivity index is 2.06. The zero-order valence-corrected chi connectivity index (χ0v) is 13.4. The van der Waals surface area contributed by atoms with Crippen LogP contribution in [-0.2, 0) is 11.3 Å². The number of benzene rings is 1. The SMILES string of the molecule is COc1ccc(C(=O)NC(=NCc2ccco2)OC(C)C)cc1. The first-order valence-electron chi connectivity index (χ1n) is 7.27. The van der Waals surface area contributed by atoms with Crippen molar-refractivity contribution in [1.29, 1.82) is 0 Å². The number of aliphatic imine (C=N–C) groups is 1. The van der Waals surface area contributed by atoms with Gasteiger partial charge in [-0.15, -0.1) is 0 Å². The molecule has 1 aromatic heterocycles. The third kappa shape index (κ3) is 5.18. The molecule has 0 radical (unpaired) electrons. The summed E-state index contributed by atoms with van der Waals surface area (Å²) in [5, 5.41) is 2.67. The van der Waals surface area contributed by atoms with Gasteiger partial charge in [-0.25, -0.2) is 4.99 Å². The highest BCUT2D eigenvalue weighted by molar-refractivity contribution is 6.04. The summed E-state index contributed by atoms with van der Waals surface area (Å²) in [7, 11) is 1.57. The number of methoxy groups -OCH3 is 1. The second-order valence-electron chi connectivity index (χ2n) is 5.05. The third-order valence-electron chi connectivity index (χ3n) is 2.88. The van der Waals surface area contributed by atoms with E-state index in [9.17, 15) is 4.79 Å². The zero-order chi connectivity index (χ0) is 16.7. The van der Waals surface area contributed by atoms with Crippen molar-refractivity contribution in [3.05, 3.63) is 54.0 Å². The van der Waals surface area contributed by atoms with Crippen molar-refractivity contribution in [3.8, 4) is 5.75 Å². The van der Waals surface area contributed by atoms with Crippen molar-refractivity contribution in [1.82, 2.24) is 5.32 Å². The number of nitrogens with zero attached hydrogens (tertiary/aromatic N) is 1. The molecule has 0 fully saturated rings. The molecule has 122 valence electrons. The molecule has 1 N–H and O–H groups in total. The van der Waals surface area contributed by atoms with Gasteiger partial charge in [0.1, 0.15) is 18.1 Å². The van der Waals surface area contributed by atoms with Gasteiger partial charge in [0.15, 0.2) is 0 Å². The predicted octanol–water partition coefficient (Wildman–Crippen LogP) is 3.00. The molecule has 2 rings (SSSR count). The van der Waals surface area contributed by atoms with Gasteiger partial charge in [-0.1, -0.05) is 0 Å². The molecule has 1 aromatic carbocycles. The second-order valence-corrected chi connectivity index (χ2v) is 5.05. The molecule has 1 amide bonds. The van der Waals surface area contributed by atoms with Crippen LogP contribution in [0.5, 0.6) is 5.75 Å². The maximum atomic E-state index is 12.3. The van der Waals surface area contributed by atoms with Crippen LogP contribution in [0.15, 0.2) is 52.1 Å². The molecule has 0 atom stereocenters. The van der Waals surface area contributed by atoms with E-state index < -0.39 is 0 Å². The van der Waals surface area contributed by atoms with E-state index in [4.69, 9.17) is 13.9 Å². The molecule has 0 bridgehead atoms. The summed E-state index contributed by atoms with van der Waals surface area (Å²) in [5.74, 6) is 1.08. The molecule has 2 aromatic rings. The van der Waals surface area contributed by atoms with Crippen LogP contribution in [0.1, 0.15) is 30.0 Å². The minimum Gasteiger partial charge on any atom is -0.497 e. The standard InChI is InChI=1S/C17H20N2O4/c1-12(2)23-17(18-11-15-5-4-10-22-15)19-16(20)13-6-8-14(21-3)9-7-13/h4-10,12H,11H2,1-3H3,(H,18,19,20). The van der Waals surface area contributed by atoms with Gasteiger partial charge < -0.3 is 13.9 Å². The maximum absolute atomic E-state index is 12.3. The summed E-state index contributed by atoms with van der Waals surface area (Å²) in [5.41, 5.74) is 0.490. The van der Waals surface area contributed by atoms with Gasteiger partial charge in [-0.05, 0) is 50.2 Å². The lowest BCUT2D eigenvalue weighted by Gasteiger charge is -2.13. The number of carbonyl (C=O) groups excluding carboxylic acids is 1. The van der Waals surface area contributed by atoms with Crippen LogP contribution in [0.2, 0.25) is 0 Å². The molecule has 6 nitrogen and oxygen atoms in total. The fourth-order valence-electron chi connectivity index (χ4n) is 1.79. The summed E-state index contributed by atoms with van der Waals surface area (Å²) in [6.45, 7) is 4.02. The van der Waals surface area contributed by atoms with Gasteiger partial charge in [-0.2, -0.15) is 0 Å². The molecular weight excluding hydrogens is 296 g/mol. The highest BCUT2D eigenvalue weighted by atomic mass is 16.5. The van der Waals surface area contributed by atoms with Crippen LogP contribution in [-0.4, -0.2) is 25.1 Å². The monoisotopic (exact) mass is 316 g/mol. The minimum atomic E-state index is -0.300. The van der Waals surface area contributed by atoms with Crippen molar-refractivity contribution in [2.45, 2.75) is 26.5 Å². The van der Waals surface area contributed by atoms with E-state index in [-0.39, 0.29) is 24.6 Å². The molecule has 6 heteroatoms. The van der Waals surface area contributed by atoms with Gasteiger partial charge in [0.05, 0.1) is 19.5 Å². The number of amidine groups is 1. The largest absolute Gasteiger partial charge is 0.497 e. The second kappa shape index (κ2) is 8.03. The zero-order valence-electron chi connectivity index (χ0n) is 13.4. The number of hydrogen-bond donors (Lipinski definition) is 1. The van der Waals surface area contributed by atoms with Gasteiger partial charge >= 0.3 is 0 Å². The van der Waals surface area contributed by atoms with Gasteiger partial charge in [0.2, 0.25) is 0 Å². The average Bonchev–Trinajstić information content (AvgIpc) is 3.05. The number of hydrogen-bond acceptors (Lipinski definition) is 5. The third-order valence-corrected chi connectivity index (χ3v) is 2.88. The lowest BCUT2D eigenvalue weighted by Crippen LogP contribution is -2.34. The molecule has 0 aliphatic rings. The topological polar surface area (TPSA) is 73.1 Å². The first kappa shape index (κ1) is 16.6. The number of rotatable bonds is 5. The molecule has 1 heterocycles. The van der Waals surface area contributed by atoms with E-state index >= 15 is 0 Å². The van der Waals surface area contributed by atoms with Crippen molar-refractivity contribution >= 4 is 11.9 Å². The van der Waals surface area contributed by atoms with Crippen LogP contribution in [0.4, 0.5) is 0 Å². The Morgan fingerprint density at radius 1 is 1.26 bits per heavy atom. The molecule has 23 heavy (non-hydrogen) atoms. The van der Waals surface area contributed by atoms with E-state index in [0.717, 1.165) is 0 Å². The van der Waals surface area contributed by atoms with Crippen LogP contribution >= 0.6 is 0 Å². The van der Waals surface area contributed by atoms with Crippen molar-refractivity contribution < 1.29 is 18.7 Å². The smallest absolute Gasteiger partial charge is 0.292 e. The molecule has 0 spiro atoms. The number of furan rings is 1. The number of amides is 1. The molecular formula is C17H20N2O4. The average molecular weight is 316 g/mol. The number of carbonyl (C=O) groups is 1. The lowest BCUT2D eigenvalue weighted by atomic mass is 10.2. The first-order valence-corrected chi connectivity index (χ1v) is 7.27. The molecule has 0 aliphatic heterocycles. The Morgan fingerprint density at radius 2 is 2.00 bits per heavy atom. The first-order chi connectivity index (χ1) is 11.1. The fraction of sp³-hybridized carbons (Fsp3) is 0.294. The Hall–Kier alpha value is -2.76. The maximum Gasteiger partial charge on any atom is 0.292 e. The molecule has 0 saturated carbocycles. The summed E-state index contributed by atoms with van der Waals surface area (Å²) in [4.78, 5) is 16.5. The molecule has 0 saturated heterocycles. The van der Waals surface area contributed by atoms with Crippen LogP contribution in [0, 0.1) is 0 Å². The number of ether oxygens (including phenoxy) is 2. The number of nitrogens with one attached hydrogen (secondary N) is 1. The molecule has 0 aliphatic carbocycles. The van der Waals surface area contributed by atoms with E-state index in [0.29, 0.717) is 17.1 Å². The Kier molecular flexibility index (Phi) is 5.80. The van der Waals surface area contributed by atoms with E-state index in [1.54, 1.807) is 43.7 Å². The quantitative estimate of drug-likeness (QED) is 0.680. The van der Waals surface area contributed by atoms with Crippen molar-refractivity contribution in [3.63, 3.8) is 0 Å². The van der Waals surface area contributed by atoms with Crippen LogP contribution < -0.4 is 10.1 Å². The normalized spacial score (nSPS) is 11.4. The van der Waals surface area contributed by atoms with E-state index in [1.807, 2.05) is 19.9 Å². The van der Waals surface area contributed by atoms with Gasteiger partial charge in [-0.3, -0.25) is 10.1 Å². The highest BCUT2D eigenvalue weighted by Crippen LogP contribution is 2.11. The van der Waals surface area contributed by atoms with Gasteiger partial charge in [0, 0.05) is 5.56 Å². The van der Waals surface area contributed by atoms with E-state index in [2.05, 4.69) is 10.3 Å². The summed E-state index contributed by atoms with van der Waals surface area (Å²) < 4.78 is 15.8.